The van der Waals surface area contributed by atoms with Crippen molar-refractivity contribution in [2.45, 2.75) is 32.2 Å². The fraction of sp³-hybridized carbons (Fsp3) is 0.385. The molecule has 0 aromatic heterocycles. The monoisotopic (exact) mass is 265 g/mol. The minimum Gasteiger partial charge on any atom is -0.323 e. The predicted octanol–water partition coefficient (Wildman–Crippen LogP) is 2.67. The molecule has 5 heteroatoms. The number of benzene rings is 1. The summed E-state index contributed by atoms with van der Waals surface area (Å²) in [6.45, 7) is 2.04. The lowest BCUT2D eigenvalue weighted by Gasteiger charge is -2.12. The van der Waals surface area contributed by atoms with E-state index >= 15 is 0 Å². The maximum absolute atomic E-state index is 11.8. The lowest BCUT2D eigenvalue weighted by Crippen LogP contribution is -2.35. The van der Waals surface area contributed by atoms with Crippen molar-refractivity contribution in [3.8, 4) is 6.07 Å². The molecule has 0 saturated heterocycles. The Hall–Kier alpha value is -1.57. The third-order valence-corrected chi connectivity index (χ3v) is 2.89. The number of nitrogens with one attached hydrogen (secondary N) is 1. The first-order chi connectivity index (χ1) is 8.58. The molecular weight excluding hydrogens is 250 g/mol. The highest BCUT2D eigenvalue weighted by atomic mass is 35.5. The van der Waals surface area contributed by atoms with Crippen molar-refractivity contribution < 1.29 is 4.79 Å². The first kappa shape index (κ1) is 14.5. The highest BCUT2D eigenvalue weighted by Crippen LogP contribution is 2.23. The van der Waals surface area contributed by atoms with E-state index in [0.717, 1.165) is 12.8 Å². The van der Waals surface area contributed by atoms with Crippen molar-refractivity contribution in [2.24, 2.45) is 5.73 Å². The number of rotatable bonds is 5. The summed E-state index contributed by atoms with van der Waals surface area (Å²) in [5.74, 6) is -0.277. The molecule has 0 aliphatic rings. The summed E-state index contributed by atoms with van der Waals surface area (Å²) in [5, 5.41) is 11.8. The van der Waals surface area contributed by atoms with E-state index in [-0.39, 0.29) is 5.91 Å². The van der Waals surface area contributed by atoms with Crippen LogP contribution in [0.2, 0.25) is 5.02 Å². The number of unbranched alkanes of at least 4 members (excludes halogenated alkanes) is 1. The standard InChI is InChI=1S/C13H16ClN3O/c1-2-3-4-11(16)13(18)17-12-7-9(8-15)5-6-10(12)14/h5-7,11H,2-4,16H2,1H3,(H,17,18)/t11-/m0/s1. The average Bonchev–Trinajstić information content (AvgIpc) is 2.38. The van der Waals surface area contributed by atoms with Gasteiger partial charge in [0.1, 0.15) is 0 Å². The van der Waals surface area contributed by atoms with Gasteiger partial charge in [-0.25, -0.2) is 0 Å². The summed E-state index contributed by atoms with van der Waals surface area (Å²) in [5.41, 5.74) is 6.62. The number of hydrogen-bond donors (Lipinski definition) is 2. The number of anilines is 1. The van der Waals surface area contributed by atoms with Gasteiger partial charge in [-0.2, -0.15) is 5.26 Å². The van der Waals surface area contributed by atoms with Crippen LogP contribution in [0, 0.1) is 11.3 Å². The zero-order chi connectivity index (χ0) is 13.5. The van der Waals surface area contributed by atoms with Crippen LogP contribution in [0.5, 0.6) is 0 Å². The Morgan fingerprint density at radius 1 is 1.61 bits per heavy atom. The highest BCUT2D eigenvalue weighted by Gasteiger charge is 2.14. The summed E-state index contributed by atoms with van der Waals surface area (Å²) in [6, 6.07) is 6.14. The Labute approximate surface area is 112 Å². The molecule has 0 bridgehead atoms. The van der Waals surface area contributed by atoms with Crippen LogP contribution in [0.1, 0.15) is 31.7 Å². The lowest BCUT2D eigenvalue weighted by atomic mass is 10.1. The van der Waals surface area contributed by atoms with Crippen molar-refractivity contribution in [1.82, 2.24) is 0 Å². The number of carbonyl (C=O) groups is 1. The molecule has 1 aromatic carbocycles. The van der Waals surface area contributed by atoms with Crippen molar-refractivity contribution in [1.29, 1.82) is 5.26 Å². The number of amides is 1. The summed E-state index contributed by atoms with van der Waals surface area (Å²) >= 11 is 5.94. The van der Waals surface area contributed by atoms with Crippen LogP contribution in [0.3, 0.4) is 0 Å². The molecule has 1 rings (SSSR count). The van der Waals surface area contributed by atoms with Crippen LogP contribution < -0.4 is 11.1 Å². The van der Waals surface area contributed by atoms with Gasteiger partial charge in [-0.1, -0.05) is 31.4 Å². The molecule has 0 aliphatic heterocycles. The number of hydrogen-bond acceptors (Lipinski definition) is 3. The zero-order valence-electron chi connectivity index (χ0n) is 10.2. The second-order valence-corrected chi connectivity index (χ2v) is 4.45. The molecule has 1 amide bonds. The van der Waals surface area contributed by atoms with Crippen LogP contribution in [-0.4, -0.2) is 11.9 Å². The fourth-order valence-corrected chi connectivity index (χ4v) is 1.64. The molecule has 4 nitrogen and oxygen atoms in total. The van der Waals surface area contributed by atoms with Crippen LogP contribution in [0.4, 0.5) is 5.69 Å². The largest absolute Gasteiger partial charge is 0.323 e. The smallest absolute Gasteiger partial charge is 0.241 e. The summed E-state index contributed by atoms with van der Waals surface area (Å²) in [4.78, 5) is 11.8. The number of carbonyl (C=O) groups excluding carboxylic acids is 1. The molecule has 0 aliphatic carbocycles. The zero-order valence-corrected chi connectivity index (χ0v) is 11.0. The quantitative estimate of drug-likeness (QED) is 0.859. The van der Waals surface area contributed by atoms with E-state index in [9.17, 15) is 4.79 Å². The predicted molar refractivity (Wildman–Crippen MR) is 72.3 cm³/mol. The Morgan fingerprint density at radius 3 is 2.94 bits per heavy atom. The lowest BCUT2D eigenvalue weighted by molar-refractivity contribution is -0.117. The van der Waals surface area contributed by atoms with Gasteiger partial charge in [0.15, 0.2) is 0 Å². The Balaban J connectivity index is 2.72. The van der Waals surface area contributed by atoms with Crippen LogP contribution in [-0.2, 0) is 4.79 Å². The molecule has 96 valence electrons. The van der Waals surface area contributed by atoms with Gasteiger partial charge in [0.25, 0.3) is 0 Å². The van der Waals surface area contributed by atoms with Crippen LogP contribution in [0.25, 0.3) is 0 Å². The molecule has 0 spiro atoms. The molecule has 1 atom stereocenters. The van der Waals surface area contributed by atoms with Crippen LogP contribution in [0.15, 0.2) is 18.2 Å². The van der Waals surface area contributed by atoms with Crippen molar-refractivity contribution in [3.63, 3.8) is 0 Å². The number of halogens is 1. The fourth-order valence-electron chi connectivity index (χ4n) is 1.47. The van der Waals surface area contributed by atoms with E-state index in [0.29, 0.717) is 22.7 Å². The topological polar surface area (TPSA) is 78.9 Å². The molecule has 0 heterocycles. The summed E-state index contributed by atoms with van der Waals surface area (Å²) in [7, 11) is 0. The van der Waals surface area contributed by atoms with Crippen molar-refractivity contribution in [3.05, 3.63) is 28.8 Å². The van der Waals surface area contributed by atoms with Crippen LogP contribution >= 0.6 is 11.6 Å². The number of nitrogens with zero attached hydrogens (tertiary/aromatic N) is 1. The van der Waals surface area contributed by atoms with Gasteiger partial charge >= 0.3 is 0 Å². The maximum Gasteiger partial charge on any atom is 0.241 e. The normalized spacial score (nSPS) is 11.7. The highest BCUT2D eigenvalue weighted by molar-refractivity contribution is 6.33. The molecule has 0 saturated carbocycles. The minimum absolute atomic E-state index is 0.277. The van der Waals surface area contributed by atoms with E-state index in [1.807, 2.05) is 13.0 Å². The van der Waals surface area contributed by atoms with Gasteiger partial charge in [0, 0.05) is 0 Å². The third-order valence-electron chi connectivity index (χ3n) is 2.56. The van der Waals surface area contributed by atoms with Crippen molar-refractivity contribution in [2.75, 3.05) is 5.32 Å². The molecule has 0 unspecified atom stereocenters. The average molecular weight is 266 g/mol. The van der Waals surface area contributed by atoms with Gasteiger partial charge in [0.2, 0.25) is 5.91 Å². The first-order valence-corrected chi connectivity index (χ1v) is 6.22. The van der Waals surface area contributed by atoms with E-state index in [1.54, 1.807) is 12.1 Å². The van der Waals surface area contributed by atoms with E-state index in [4.69, 9.17) is 22.6 Å². The van der Waals surface area contributed by atoms with E-state index in [1.165, 1.54) is 6.07 Å². The summed E-state index contributed by atoms with van der Waals surface area (Å²) < 4.78 is 0. The van der Waals surface area contributed by atoms with Gasteiger partial charge in [-0.3, -0.25) is 4.79 Å². The Bertz CT molecular complexity index is 468. The Kier molecular flexibility index (Phi) is 5.63. The first-order valence-electron chi connectivity index (χ1n) is 5.84. The SMILES string of the molecule is CCCC[C@H](N)C(=O)Nc1cc(C#N)ccc1Cl. The van der Waals surface area contributed by atoms with Gasteiger partial charge in [-0.05, 0) is 24.6 Å². The molecule has 3 N–H and O–H groups in total. The third kappa shape index (κ3) is 4.02. The van der Waals surface area contributed by atoms with Gasteiger partial charge in [0.05, 0.1) is 28.4 Å². The molecule has 1 aromatic rings. The number of nitriles is 1. The summed E-state index contributed by atoms with van der Waals surface area (Å²) in [6.07, 6.45) is 2.53. The second-order valence-electron chi connectivity index (χ2n) is 4.04. The molecular formula is C13H16ClN3O. The van der Waals surface area contributed by atoms with E-state index in [2.05, 4.69) is 5.32 Å². The second kappa shape index (κ2) is 7.00. The maximum atomic E-state index is 11.8. The number of nitrogens with two attached hydrogens (primary N) is 1. The van der Waals surface area contributed by atoms with Gasteiger partial charge in [-0.15, -0.1) is 0 Å². The van der Waals surface area contributed by atoms with Crippen molar-refractivity contribution >= 4 is 23.2 Å². The van der Waals surface area contributed by atoms with Gasteiger partial charge < -0.3 is 11.1 Å². The molecule has 0 radical (unpaired) electrons. The Morgan fingerprint density at radius 2 is 2.33 bits per heavy atom. The van der Waals surface area contributed by atoms with E-state index < -0.39 is 6.04 Å². The minimum atomic E-state index is -0.549. The molecule has 0 fully saturated rings. The molecule has 18 heavy (non-hydrogen) atoms.